The predicted octanol–water partition coefficient (Wildman–Crippen LogP) is 5.49. The summed E-state index contributed by atoms with van der Waals surface area (Å²) < 4.78 is 13.9. The summed E-state index contributed by atoms with van der Waals surface area (Å²) in [5.74, 6) is -0.227. The molecule has 1 aliphatic rings. The number of aromatic hydroxyl groups is 1. The van der Waals surface area contributed by atoms with E-state index in [0.29, 0.717) is 28.3 Å². The van der Waals surface area contributed by atoms with Crippen molar-refractivity contribution >= 4 is 34.0 Å². The van der Waals surface area contributed by atoms with E-state index in [-0.39, 0.29) is 29.5 Å². The third kappa shape index (κ3) is 4.81. The second-order valence-electron chi connectivity index (χ2n) is 7.77. The van der Waals surface area contributed by atoms with Crippen molar-refractivity contribution < 1.29 is 19.7 Å². The van der Waals surface area contributed by atoms with Gasteiger partial charge in [-0.15, -0.1) is 0 Å². The van der Waals surface area contributed by atoms with Crippen LogP contribution in [-0.2, 0) is 6.61 Å². The Bertz CT molecular complexity index is 1080. The number of halogens is 1. The first-order valence-electron chi connectivity index (χ1n) is 10.4. The van der Waals surface area contributed by atoms with Crippen molar-refractivity contribution in [1.29, 1.82) is 0 Å². The van der Waals surface area contributed by atoms with Crippen molar-refractivity contribution in [1.82, 2.24) is 0 Å². The lowest BCUT2D eigenvalue weighted by Gasteiger charge is -2.30. The Balaban J connectivity index is 1.63. The number of para-hydroxylation sites is 1. The third-order valence-electron chi connectivity index (χ3n) is 5.69. The Morgan fingerprint density at radius 2 is 1.75 bits per heavy atom. The minimum absolute atomic E-state index is 0.0105. The highest BCUT2D eigenvalue weighted by atomic mass is 32.2. The quantitative estimate of drug-likeness (QED) is 0.398. The van der Waals surface area contributed by atoms with Crippen LogP contribution in [-0.4, -0.2) is 24.9 Å². The van der Waals surface area contributed by atoms with Crippen LogP contribution < -0.4 is 4.90 Å². The van der Waals surface area contributed by atoms with E-state index in [1.165, 1.54) is 12.1 Å². The molecule has 0 amide bonds. The zero-order valence-electron chi connectivity index (χ0n) is 17.3. The fraction of sp³-hybridized carbons (Fsp3) is 0.240. The number of hydrogen-bond donors (Lipinski definition) is 3. The highest BCUT2D eigenvalue weighted by molar-refractivity contribution is 8.24. The van der Waals surface area contributed by atoms with E-state index >= 15 is 0 Å². The first-order chi connectivity index (χ1) is 15.5. The van der Waals surface area contributed by atoms with Crippen LogP contribution in [0.5, 0.6) is 5.75 Å². The number of nitrogens with zero attached hydrogens (tertiary/aromatic N) is 1. The first kappa shape index (κ1) is 22.7. The number of phenolic OH excluding ortho intramolecular Hbond substituents is 1. The molecule has 0 spiro atoms. The van der Waals surface area contributed by atoms with E-state index in [0.717, 1.165) is 11.3 Å². The lowest BCUT2D eigenvalue weighted by atomic mass is 9.94. The van der Waals surface area contributed by atoms with Gasteiger partial charge in [-0.3, -0.25) is 0 Å². The van der Waals surface area contributed by atoms with Crippen molar-refractivity contribution in [3.63, 3.8) is 0 Å². The highest BCUT2D eigenvalue weighted by Crippen LogP contribution is 2.49. The maximum absolute atomic E-state index is 13.2. The van der Waals surface area contributed by atoms with E-state index in [1.807, 2.05) is 41.3 Å². The molecule has 0 aromatic heterocycles. The predicted molar refractivity (Wildman–Crippen MR) is 130 cm³/mol. The summed E-state index contributed by atoms with van der Waals surface area (Å²) >= 11 is 7.27. The minimum Gasteiger partial charge on any atom is -0.508 e. The number of thiocarbonyl (C=S) groups is 1. The molecule has 3 aromatic rings. The van der Waals surface area contributed by atoms with Crippen LogP contribution in [0.25, 0.3) is 0 Å². The standard InChI is InChI=1S/C25H24FNO3S2/c26-18-9-7-17(8-10-18)21(29)12-13-23-24(20-11-6-16(15-28)14-22(20)30)27(25(31)32-23)19-4-2-1-3-5-19/h1-11,14,21,23-24,28-30H,12-13,15H2/t21-,23-,24+/m0/s1. The molecule has 32 heavy (non-hydrogen) atoms. The molecule has 3 N–H and O–H groups in total. The van der Waals surface area contributed by atoms with Gasteiger partial charge in [-0.1, -0.05) is 66.4 Å². The van der Waals surface area contributed by atoms with Gasteiger partial charge in [0.2, 0.25) is 0 Å². The van der Waals surface area contributed by atoms with Crippen molar-refractivity contribution in [2.24, 2.45) is 0 Å². The average Bonchev–Trinajstić information content (AvgIpc) is 3.14. The highest BCUT2D eigenvalue weighted by Gasteiger charge is 2.41. The number of benzene rings is 3. The molecular formula is C25H24FNO3S2. The van der Waals surface area contributed by atoms with Crippen LogP contribution in [0.4, 0.5) is 10.1 Å². The molecule has 0 unspecified atom stereocenters. The molecule has 1 fully saturated rings. The van der Waals surface area contributed by atoms with Gasteiger partial charge in [0.05, 0.1) is 18.8 Å². The summed E-state index contributed by atoms with van der Waals surface area (Å²) in [7, 11) is 0. The molecule has 4 nitrogen and oxygen atoms in total. The van der Waals surface area contributed by atoms with Gasteiger partial charge in [0, 0.05) is 16.5 Å². The largest absolute Gasteiger partial charge is 0.508 e. The molecule has 0 aliphatic carbocycles. The normalized spacial score (nSPS) is 19.3. The first-order valence-corrected chi connectivity index (χ1v) is 11.7. The van der Waals surface area contributed by atoms with E-state index in [9.17, 15) is 19.7 Å². The van der Waals surface area contributed by atoms with Crippen LogP contribution in [0, 0.1) is 5.82 Å². The summed E-state index contributed by atoms with van der Waals surface area (Å²) in [6.07, 6.45) is 0.389. The average molecular weight is 470 g/mol. The third-order valence-corrected chi connectivity index (χ3v) is 7.37. The molecule has 166 valence electrons. The maximum atomic E-state index is 13.2. The zero-order chi connectivity index (χ0) is 22.7. The number of anilines is 1. The summed E-state index contributed by atoms with van der Waals surface area (Å²) in [6, 6.07) is 20.7. The molecule has 1 heterocycles. The summed E-state index contributed by atoms with van der Waals surface area (Å²) in [5, 5.41) is 30.8. The lowest BCUT2D eigenvalue weighted by molar-refractivity contribution is 0.163. The number of hydrogen-bond acceptors (Lipinski definition) is 5. The Morgan fingerprint density at radius 3 is 2.41 bits per heavy atom. The number of rotatable bonds is 7. The van der Waals surface area contributed by atoms with Gasteiger partial charge in [-0.25, -0.2) is 4.39 Å². The summed E-state index contributed by atoms with van der Waals surface area (Å²) in [6.45, 7) is -0.151. The van der Waals surface area contributed by atoms with Gasteiger partial charge < -0.3 is 20.2 Å². The van der Waals surface area contributed by atoms with E-state index in [4.69, 9.17) is 12.2 Å². The molecule has 0 bridgehead atoms. The van der Waals surface area contributed by atoms with Gasteiger partial charge in [-0.05, 0) is 54.3 Å². The number of aliphatic hydroxyl groups excluding tert-OH is 2. The second kappa shape index (κ2) is 10.0. The minimum atomic E-state index is -0.721. The summed E-state index contributed by atoms with van der Waals surface area (Å²) in [4.78, 5) is 2.04. The fourth-order valence-corrected chi connectivity index (χ4v) is 5.89. The molecule has 0 saturated carbocycles. The molecule has 4 rings (SSSR count). The molecule has 0 radical (unpaired) electrons. The molecule has 1 aliphatic heterocycles. The van der Waals surface area contributed by atoms with Gasteiger partial charge in [-0.2, -0.15) is 0 Å². The van der Waals surface area contributed by atoms with E-state index in [2.05, 4.69) is 0 Å². The van der Waals surface area contributed by atoms with Crippen molar-refractivity contribution in [3.8, 4) is 5.75 Å². The monoisotopic (exact) mass is 469 g/mol. The van der Waals surface area contributed by atoms with E-state index in [1.54, 1.807) is 36.0 Å². The lowest BCUT2D eigenvalue weighted by Crippen LogP contribution is -2.29. The van der Waals surface area contributed by atoms with Crippen LogP contribution >= 0.6 is 24.0 Å². The van der Waals surface area contributed by atoms with Crippen LogP contribution in [0.2, 0.25) is 0 Å². The smallest absolute Gasteiger partial charge is 0.141 e. The van der Waals surface area contributed by atoms with Gasteiger partial charge in [0.1, 0.15) is 15.9 Å². The molecule has 3 atom stereocenters. The Kier molecular flexibility index (Phi) is 7.10. The van der Waals surface area contributed by atoms with Gasteiger partial charge in [0.25, 0.3) is 0 Å². The van der Waals surface area contributed by atoms with Gasteiger partial charge >= 0.3 is 0 Å². The van der Waals surface area contributed by atoms with Crippen LogP contribution in [0.1, 0.15) is 41.7 Å². The number of aliphatic hydroxyl groups is 2. The Hall–Kier alpha value is -2.45. The topological polar surface area (TPSA) is 63.9 Å². The Morgan fingerprint density at radius 1 is 1.03 bits per heavy atom. The number of phenols is 1. The molecule has 1 saturated heterocycles. The van der Waals surface area contributed by atoms with Crippen LogP contribution in [0.15, 0.2) is 72.8 Å². The molecular weight excluding hydrogens is 445 g/mol. The fourth-order valence-electron chi connectivity index (χ4n) is 4.05. The van der Waals surface area contributed by atoms with Crippen molar-refractivity contribution in [3.05, 3.63) is 95.3 Å². The zero-order valence-corrected chi connectivity index (χ0v) is 18.9. The summed E-state index contributed by atoms with van der Waals surface area (Å²) in [5.41, 5.74) is 2.96. The molecule has 3 aromatic carbocycles. The van der Waals surface area contributed by atoms with Crippen molar-refractivity contribution in [2.45, 2.75) is 36.8 Å². The van der Waals surface area contributed by atoms with Crippen LogP contribution in [0.3, 0.4) is 0 Å². The SMILES string of the molecule is OCc1ccc([C@@H]2[C@H](CC[C@H](O)c3ccc(F)cc3)SC(=S)N2c2ccccc2)c(O)c1. The van der Waals surface area contributed by atoms with E-state index < -0.39 is 6.10 Å². The van der Waals surface area contributed by atoms with Crippen molar-refractivity contribution in [2.75, 3.05) is 4.90 Å². The number of thioether (sulfide) groups is 1. The maximum Gasteiger partial charge on any atom is 0.141 e. The second-order valence-corrected chi connectivity index (χ2v) is 9.64. The van der Waals surface area contributed by atoms with Gasteiger partial charge in [0.15, 0.2) is 0 Å². The molecule has 7 heteroatoms. The Labute approximate surface area is 196 Å².